The number of amides is 3. The first-order valence-corrected chi connectivity index (χ1v) is 9.64. The van der Waals surface area contributed by atoms with Crippen molar-refractivity contribution in [3.63, 3.8) is 0 Å². The van der Waals surface area contributed by atoms with E-state index in [-0.39, 0.29) is 11.8 Å². The molecule has 0 aliphatic carbocycles. The Balaban J connectivity index is 1.64. The van der Waals surface area contributed by atoms with Crippen LogP contribution < -0.4 is 16.0 Å². The van der Waals surface area contributed by atoms with Crippen LogP contribution in [0.1, 0.15) is 37.8 Å². The normalized spacial score (nSPS) is 24.0. The Kier molecular flexibility index (Phi) is 5.68. The molecule has 2 fully saturated rings. The molecule has 7 nitrogen and oxygen atoms in total. The minimum Gasteiger partial charge on any atom is -0.357 e. The van der Waals surface area contributed by atoms with Crippen molar-refractivity contribution < 1.29 is 9.59 Å². The molecule has 3 amide bonds. The summed E-state index contributed by atoms with van der Waals surface area (Å²) in [6.45, 7) is 9.04. The van der Waals surface area contributed by atoms with Crippen molar-refractivity contribution in [1.29, 1.82) is 0 Å². The number of piperidine rings is 1. The predicted octanol–water partition coefficient (Wildman–Crippen LogP) is 1.77. The highest BCUT2D eigenvalue weighted by Gasteiger charge is 2.48. The van der Waals surface area contributed by atoms with Crippen molar-refractivity contribution in [2.75, 3.05) is 19.6 Å². The zero-order valence-corrected chi connectivity index (χ0v) is 16.3. The molecule has 1 aromatic carbocycles. The van der Waals surface area contributed by atoms with Crippen LogP contribution in [0.25, 0.3) is 0 Å². The van der Waals surface area contributed by atoms with E-state index in [1.807, 2.05) is 6.92 Å². The third kappa shape index (κ3) is 4.23. The second-order valence-electron chi connectivity index (χ2n) is 7.53. The van der Waals surface area contributed by atoms with Gasteiger partial charge in [-0.25, -0.2) is 9.79 Å². The highest BCUT2D eigenvalue weighted by Crippen LogP contribution is 2.30. The molecular formula is C20H29N5O2. The Morgan fingerprint density at radius 3 is 2.67 bits per heavy atom. The summed E-state index contributed by atoms with van der Waals surface area (Å²) < 4.78 is 0. The number of aryl methyl sites for hydroxylation is 1. The average Bonchev–Trinajstić information content (AvgIpc) is 2.91. The standard InChI is InChI=1S/C20H29N5O2/c1-4-21-18(22-13-15-7-5-6-14(2)12-15)25-10-8-16(9-11-25)20(3)17(26)23-19(27)24-20/h5-7,12,16H,4,8-11,13H2,1-3H3,(H,21,22)(H2,23,24,26,27). The molecule has 1 atom stereocenters. The lowest BCUT2D eigenvalue weighted by atomic mass is 9.79. The molecule has 3 N–H and O–H groups in total. The largest absolute Gasteiger partial charge is 0.357 e. The number of hydrogen-bond donors (Lipinski definition) is 3. The molecule has 7 heteroatoms. The number of urea groups is 1. The van der Waals surface area contributed by atoms with Crippen LogP contribution in [0, 0.1) is 12.8 Å². The maximum absolute atomic E-state index is 12.2. The van der Waals surface area contributed by atoms with Gasteiger partial charge in [0, 0.05) is 19.6 Å². The van der Waals surface area contributed by atoms with Crippen molar-refractivity contribution in [3.05, 3.63) is 35.4 Å². The fraction of sp³-hybridized carbons (Fsp3) is 0.550. The number of aliphatic imine (C=N–C) groups is 1. The molecule has 0 aromatic heterocycles. The summed E-state index contributed by atoms with van der Waals surface area (Å²) in [7, 11) is 0. The number of carbonyl (C=O) groups is 2. The highest BCUT2D eigenvalue weighted by atomic mass is 16.2. The van der Waals surface area contributed by atoms with Crippen molar-refractivity contribution in [2.24, 2.45) is 10.9 Å². The Labute approximate surface area is 160 Å². The predicted molar refractivity (Wildman–Crippen MR) is 105 cm³/mol. The van der Waals surface area contributed by atoms with Gasteiger partial charge in [0.05, 0.1) is 6.54 Å². The summed E-state index contributed by atoms with van der Waals surface area (Å²) in [5, 5.41) is 8.54. The summed E-state index contributed by atoms with van der Waals surface area (Å²) in [6, 6.07) is 8.00. The second-order valence-corrected chi connectivity index (χ2v) is 7.53. The number of imide groups is 1. The maximum atomic E-state index is 12.2. The van der Waals surface area contributed by atoms with Gasteiger partial charge in [0.1, 0.15) is 5.54 Å². The molecule has 2 heterocycles. The van der Waals surface area contributed by atoms with Gasteiger partial charge in [-0.3, -0.25) is 10.1 Å². The lowest BCUT2D eigenvalue weighted by molar-refractivity contribution is -0.125. The number of rotatable bonds is 4. The number of likely N-dealkylation sites (tertiary alicyclic amines) is 1. The first-order valence-electron chi connectivity index (χ1n) is 9.64. The molecule has 0 radical (unpaired) electrons. The van der Waals surface area contributed by atoms with Crippen molar-refractivity contribution >= 4 is 17.9 Å². The van der Waals surface area contributed by atoms with Crippen molar-refractivity contribution in [2.45, 2.75) is 45.7 Å². The molecular weight excluding hydrogens is 342 g/mol. The Hall–Kier alpha value is -2.57. The van der Waals surface area contributed by atoms with Gasteiger partial charge in [0.25, 0.3) is 5.91 Å². The first-order chi connectivity index (χ1) is 12.9. The first kappa shape index (κ1) is 19.2. The van der Waals surface area contributed by atoms with E-state index in [0.29, 0.717) is 6.54 Å². The third-order valence-electron chi connectivity index (χ3n) is 5.51. The molecule has 3 rings (SSSR count). The maximum Gasteiger partial charge on any atom is 0.322 e. The second kappa shape index (κ2) is 7.98. The van der Waals surface area contributed by atoms with Crippen LogP contribution in [0.4, 0.5) is 4.79 Å². The zero-order valence-electron chi connectivity index (χ0n) is 16.3. The zero-order chi connectivity index (χ0) is 19.4. The van der Waals surface area contributed by atoms with Gasteiger partial charge in [0.2, 0.25) is 0 Å². The third-order valence-corrected chi connectivity index (χ3v) is 5.51. The number of nitrogens with one attached hydrogen (secondary N) is 3. The van der Waals surface area contributed by atoms with Crippen molar-refractivity contribution in [1.82, 2.24) is 20.9 Å². The van der Waals surface area contributed by atoms with Crippen molar-refractivity contribution in [3.8, 4) is 0 Å². The van der Waals surface area contributed by atoms with Crippen LogP contribution in [-0.4, -0.2) is 48.0 Å². The van der Waals surface area contributed by atoms with E-state index >= 15 is 0 Å². The molecule has 146 valence electrons. The van der Waals surface area contributed by atoms with Crippen LogP contribution >= 0.6 is 0 Å². The van der Waals surface area contributed by atoms with Crippen LogP contribution in [-0.2, 0) is 11.3 Å². The number of benzene rings is 1. The minimum atomic E-state index is -0.805. The molecule has 0 spiro atoms. The monoisotopic (exact) mass is 371 g/mol. The Morgan fingerprint density at radius 2 is 2.07 bits per heavy atom. The van der Waals surface area contributed by atoms with Crippen LogP contribution in [0.15, 0.2) is 29.3 Å². The number of hydrogen-bond acceptors (Lipinski definition) is 3. The number of guanidine groups is 1. The topological polar surface area (TPSA) is 85.8 Å². The smallest absolute Gasteiger partial charge is 0.322 e. The summed E-state index contributed by atoms with van der Waals surface area (Å²) in [6.07, 6.45) is 1.66. The van der Waals surface area contributed by atoms with Crippen LogP contribution in [0.3, 0.4) is 0 Å². The van der Waals surface area contributed by atoms with E-state index in [9.17, 15) is 9.59 Å². The molecule has 0 bridgehead atoms. The fourth-order valence-corrected chi connectivity index (χ4v) is 3.92. The molecule has 1 aromatic rings. The Bertz CT molecular complexity index is 740. The van der Waals surface area contributed by atoms with Gasteiger partial charge in [-0.2, -0.15) is 0 Å². The lowest BCUT2D eigenvalue weighted by Crippen LogP contribution is -2.55. The summed E-state index contributed by atoms with van der Waals surface area (Å²) in [4.78, 5) is 30.7. The highest BCUT2D eigenvalue weighted by molar-refractivity contribution is 6.07. The molecule has 2 aliphatic heterocycles. The van der Waals surface area contributed by atoms with Gasteiger partial charge in [0.15, 0.2) is 5.96 Å². The van der Waals surface area contributed by atoms with E-state index in [1.165, 1.54) is 11.1 Å². The van der Waals surface area contributed by atoms with Gasteiger partial charge in [-0.1, -0.05) is 29.8 Å². The summed E-state index contributed by atoms with van der Waals surface area (Å²) in [5.74, 6) is 0.813. The summed E-state index contributed by atoms with van der Waals surface area (Å²) in [5.41, 5.74) is 1.62. The number of nitrogens with zero attached hydrogens (tertiary/aromatic N) is 2. The SMILES string of the molecule is CCNC(=NCc1cccc(C)c1)N1CCC(C2(C)NC(=O)NC2=O)CC1. The van der Waals surface area contributed by atoms with E-state index in [4.69, 9.17) is 4.99 Å². The van der Waals surface area contributed by atoms with Gasteiger partial charge in [-0.05, 0) is 45.1 Å². The van der Waals surface area contributed by atoms with Crippen LogP contribution in [0.5, 0.6) is 0 Å². The lowest BCUT2D eigenvalue weighted by Gasteiger charge is -2.39. The molecule has 2 saturated heterocycles. The van der Waals surface area contributed by atoms with Crippen LogP contribution in [0.2, 0.25) is 0 Å². The minimum absolute atomic E-state index is 0.125. The van der Waals surface area contributed by atoms with Gasteiger partial charge < -0.3 is 15.5 Å². The van der Waals surface area contributed by atoms with Gasteiger partial charge >= 0.3 is 6.03 Å². The van der Waals surface area contributed by atoms with E-state index in [1.54, 1.807) is 0 Å². The summed E-state index contributed by atoms with van der Waals surface area (Å²) >= 11 is 0. The Morgan fingerprint density at radius 1 is 1.33 bits per heavy atom. The van der Waals surface area contributed by atoms with E-state index < -0.39 is 11.6 Å². The van der Waals surface area contributed by atoms with Gasteiger partial charge in [-0.15, -0.1) is 0 Å². The molecule has 0 saturated carbocycles. The molecule has 1 unspecified atom stereocenters. The average molecular weight is 371 g/mol. The van der Waals surface area contributed by atoms with E-state index in [2.05, 4.69) is 59.0 Å². The molecule has 2 aliphatic rings. The molecule has 27 heavy (non-hydrogen) atoms. The number of carbonyl (C=O) groups excluding carboxylic acids is 2. The fourth-order valence-electron chi connectivity index (χ4n) is 3.92. The quantitative estimate of drug-likeness (QED) is 0.428. The van der Waals surface area contributed by atoms with E-state index in [0.717, 1.165) is 38.4 Å².